The fourth-order valence-corrected chi connectivity index (χ4v) is 4.09. The number of amides is 2. The second kappa shape index (κ2) is 10.1. The van der Waals surface area contributed by atoms with Crippen LogP contribution in [0.5, 0.6) is 0 Å². The van der Waals surface area contributed by atoms with E-state index < -0.39 is 15.9 Å². The molecule has 0 aliphatic carbocycles. The van der Waals surface area contributed by atoms with Crippen molar-refractivity contribution < 1.29 is 18.0 Å². The van der Waals surface area contributed by atoms with E-state index in [4.69, 9.17) is 0 Å². The summed E-state index contributed by atoms with van der Waals surface area (Å²) in [6.45, 7) is 3.95. The first-order valence-corrected chi connectivity index (χ1v) is 11.4. The molecule has 1 aliphatic heterocycles. The van der Waals surface area contributed by atoms with Crippen LogP contribution in [0, 0.1) is 0 Å². The molecular formula is C22H24N4O4S. The van der Waals surface area contributed by atoms with Crippen LogP contribution >= 0.6 is 0 Å². The molecule has 0 saturated carbocycles. The maximum atomic E-state index is 12.6. The number of hydrogen-bond donors (Lipinski definition) is 2. The molecule has 0 atom stereocenters. The van der Waals surface area contributed by atoms with Gasteiger partial charge >= 0.3 is 0 Å². The molecule has 3 rings (SSSR count). The SMILES string of the molecule is C=CCNS(=O)(=O)Cc1ccc(NC(=O)C2=NN(Cc3ccccc3)C(=O)CC2)cc1. The smallest absolute Gasteiger partial charge is 0.271 e. The van der Waals surface area contributed by atoms with Crippen LogP contribution in [0.3, 0.4) is 0 Å². The highest BCUT2D eigenvalue weighted by atomic mass is 32.2. The van der Waals surface area contributed by atoms with Crippen LogP contribution in [0.15, 0.2) is 72.4 Å². The van der Waals surface area contributed by atoms with Gasteiger partial charge in [0.1, 0.15) is 5.71 Å². The topological polar surface area (TPSA) is 108 Å². The molecule has 0 aromatic heterocycles. The molecule has 2 aromatic carbocycles. The minimum atomic E-state index is -3.45. The van der Waals surface area contributed by atoms with Crippen molar-refractivity contribution in [3.05, 3.63) is 78.4 Å². The van der Waals surface area contributed by atoms with Gasteiger partial charge in [-0.1, -0.05) is 48.5 Å². The Labute approximate surface area is 181 Å². The molecule has 0 radical (unpaired) electrons. The van der Waals surface area contributed by atoms with Crippen molar-refractivity contribution in [2.45, 2.75) is 25.1 Å². The van der Waals surface area contributed by atoms with Gasteiger partial charge in [-0.15, -0.1) is 6.58 Å². The number of nitrogens with one attached hydrogen (secondary N) is 2. The predicted molar refractivity (Wildman–Crippen MR) is 120 cm³/mol. The van der Waals surface area contributed by atoms with Crippen molar-refractivity contribution in [3.63, 3.8) is 0 Å². The Morgan fingerprint density at radius 3 is 2.45 bits per heavy atom. The molecule has 1 aliphatic rings. The standard InChI is InChI=1S/C22H24N4O4S/c1-2-14-23-31(29,30)16-18-8-10-19(11-9-18)24-22(28)20-12-13-21(27)26(25-20)15-17-6-4-3-5-7-17/h2-11,23H,1,12-16H2,(H,24,28). The minimum absolute atomic E-state index is 0.129. The summed E-state index contributed by atoms with van der Waals surface area (Å²) in [4.78, 5) is 24.8. The lowest BCUT2D eigenvalue weighted by molar-refractivity contribution is -0.132. The van der Waals surface area contributed by atoms with Crippen LogP contribution < -0.4 is 10.0 Å². The summed E-state index contributed by atoms with van der Waals surface area (Å²) >= 11 is 0. The molecule has 9 heteroatoms. The molecule has 0 fully saturated rings. The normalized spacial score (nSPS) is 14.1. The first kappa shape index (κ1) is 22.4. The average Bonchev–Trinajstić information content (AvgIpc) is 2.76. The van der Waals surface area contributed by atoms with Crippen LogP contribution in [0.4, 0.5) is 5.69 Å². The number of rotatable bonds is 9. The third-order valence-corrected chi connectivity index (χ3v) is 5.88. The third kappa shape index (κ3) is 6.59. The lowest BCUT2D eigenvalue weighted by atomic mass is 10.1. The Hall–Kier alpha value is -3.30. The van der Waals surface area contributed by atoms with Gasteiger partial charge in [0.2, 0.25) is 15.9 Å². The fourth-order valence-electron chi connectivity index (χ4n) is 2.99. The van der Waals surface area contributed by atoms with Gasteiger partial charge in [-0.2, -0.15) is 5.10 Å². The molecule has 2 aromatic rings. The largest absolute Gasteiger partial charge is 0.321 e. The molecule has 0 unspecified atom stereocenters. The molecule has 31 heavy (non-hydrogen) atoms. The number of hydrazone groups is 1. The van der Waals surface area contributed by atoms with Crippen LogP contribution in [-0.2, 0) is 31.9 Å². The van der Waals surface area contributed by atoms with Crippen molar-refractivity contribution in [3.8, 4) is 0 Å². The van der Waals surface area contributed by atoms with Crippen LogP contribution in [0.2, 0.25) is 0 Å². The second-order valence-corrected chi connectivity index (χ2v) is 8.84. The molecule has 2 amide bonds. The summed E-state index contributed by atoms with van der Waals surface area (Å²) in [5, 5.41) is 8.31. The van der Waals surface area contributed by atoms with E-state index in [1.54, 1.807) is 24.3 Å². The number of carbonyl (C=O) groups is 2. The summed E-state index contributed by atoms with van der Waals surface area (Å²) in [5.74, 6) is -0.687. The number of hydrogen-bond acceptors (Lipinski definition) is 5. The van der Waals surface area contributed by atoms with Gasteiger partial charge in [-0.25, -0.2) is 18.1 Å². The van der Waals surface area contributed by atoms with Crippen molar-refractivity contribution in [1.82, 2.24) is 9.73 Å². The zero-order chi connectivity index (χ0) is 22.3. The highest BCUT2D eigenvalue weighted by Gasteiger charge is 2.24. The maximum Gasteiger partial charge on any atom is 0.271 e. The molecule has 0 spiro atoms. The highest BCUT2D eigenvalue weighted by molar-refractivity contribution is 7.88. The number of benzene rings is 2. The van der Waals surface area contributed by atoms with Gasteiger partial charge in [0.15, 0.2) is 0 Å². The Kier molecular flexibility index (Phi) is 7.32. The quantitative estimate of drug-likeness (QED) is 0.584. The second-order valence-electron chi connectivity index (χ2n) is 7.03. The number of carbonyl (C=O) groups excluding carboxylic acids is 2. The van der Waals surface area contributed by atoms with Gasteiger partial charge < -0.3 is 5.32 Å². The van der Waals surface area contributed by atoms with Crippen LogP contribution in [0.1, 0.15) is 24.0 Å². The monoisotopic (exact) mass is 440 g/mol. The maximum absolute atomic E-state index is 12.6. The first-order chi connectivity index (χ1) is 14.9. The Bertz CT molecular complexity index is 1080. The molecule has 0 bridgehead atoms. The van der Waals surface area contributed by atoms with E-state index in [0.717, 1.165) is 5.56 Å². The lowest BCUT2D eigenvalue weighted by Gasteiger charge is -2.23. The summed E-state index contributed by atoms with van der Waals surface area (Å²) in [7, 11) is -3.45. The van der Waals surface area contributed by atoms with E-state index in [1.807, 2.05) is 30.3 Å². The summed E-state index contributed by atoms with van der Waals surface area (Å²) in [6, 6.07) is 16.0. The lowest BCUT2D eigenvalue weighted by Crippen LogP contribution is -2.36. The van der Waals surface area contributed by atoms with E-state index >= 15 is 0 Å². The van der Waals surface area contributed by atoms with Crippen molar-refractivity contribution in [2.75, 3.05) is 11.9 Å². The Morgan fingerprint density at radius 2 is 1.77 bits per heavy atom. The van der Waals surface area contributed by atoms with Gasteiger partial charge in [0, 0.05) is 25.1 Å². The first-order valence-electron chi connectivity index (χ1n) is 9.76. The van der Waals surface area contributed by atoms with Crippen LogP contribution in [-0.4, -0.2) is 37.5 Å². The summed E-state index contributed by atoms with van der Waals surface area (Å²) in [6.07, 6.45) is 1.95. The van der Waals surface area contributed by atoms with E-state index in [1.165, 1.54) is 11.1 Å². The zero-order valence-corrected chi connectivity index (χ0v) is 17.8. The minimum Gasteiger partial charge on any atom is -0.321 e. The van der Waals surface area contributed by atoms with Gasteiger partial charge in [0.25, 0.3) is 5.91 Å². The summed E-state index contributed by atoms with van der Waals surface area (Å²) < 4.78 is 26.3. The van der Waals surface area contributed by atoms with Gasteiger partial charge in [-0.05, 0) is 23.3 Å². The van der Waals surface area contributed by atoms with E-state index in [9.17, 15) is 18.0 Å². The van der Waals surface area contributed by atoms with Gasteiger partial charge in [-0.3, -0.25) is 9.59 Å². The number of nitrogens with zero attached hydrogens (tertiary/aromatic N) is 2. The predicted octanol–water partition coefficient (Wildman–Crippen LogP) is 2.41. The molecule has 162 valence electrons. The summed E-state index contributed by atoms with van der Waals surface area (Å²) in [5.41, 5.74) is 2.30. The Morgan fingerprint density at radius 1 is 1.06 bits per heavy atom. The number of sulfonamides is 1. The van der Waals surface area contributed by atoms with Crippen molar-refractivity contribution >= 4 is 33.2 Å². The van der Waals surface area contributed by atoms with Gasteiger partial charge in [0.05, 0.1) is 12.3 Å². The van der Waals surface area contributed by atoms with E-state index in [2.05, 4.69) is 21.7 Å². The molecule has 8 nitrogen and oxygen atoms in total. The fraction of sp³-hybridized carbons (Fsp3) is 0.227. The molecule has 1 heterocycles. The highest BCUT2D eigenvalue weighted by Crippen LogP contribution is 2.16. The van der Waals surface area contributed by atoms with E-state index in [0.29, 0.717) is 17.8 Å². The van der Waals surface area contributed by atoms with Crippen LogP contribution in [0.25, 0.3) is 0 Å². The van der Waals surface area contributed by atoms with Crippen molar-refractivity contribution in [1.29, 1.82) is 0 Å². The molecule has 0 saturated heterocycles. The van der Waals surface area contributed by atoms with Crippen molar-refractivity contribution in [2.24, 2.45) is 5.10 Å². The Balaban J connectivity index is 1.63. The molecule has 2 N–H and O–H groups in total. The zero-order valence-electron chi connectivity index (χ0n) is 17.0. The van der Waals surface area contributed by atoms with E-state index in [-0.39, 0.29) is 36.8 Å². The third-order valence-electron chi connectivity index (χ3n) is 4.56. The number of anilines is 1. The molecular weight excluding hydrogens is 416 g/mol. The average molecular weight is 441 g/mol.